The number of halogens is 1. The van der Waals surface area contributed by atoms with Gasteiger partial charge in [0.15, 0.2) is 0 Å². The van der Waals surface area contributed by atoms with E-state index in [0.717, 1.165) is 23.9 Å². The van der Waals surface area contributed by atoms with Crippen molar-refractivity contribution in [3.05, 3.63) is 29.3 Å². The highest BCUT2D eigenvalue weighted by Gasteiger charge is 2.21. The highest BCUT2D eigenvalue weighted by molar-refractivity contribution is 6.30. The Morgan fingerprint density at radius 1 is 1.42 bits per heavy atom. The van der Waals surface area contributed by atoms with Crippen molar-refractivity contribution in [2.75, 3.05) is 18.5 Å². The van der Waals surface area contributed by atoms with Crippen LogP contribution in [-0.2, 0) is 4.74 Å². The van der Waals surface area contributed by atoms with E-state index in [-0.39, 0.29) is 0 Å². The molecule has 1 aliphatic heterocycles. The van der Waals surface area contributed by atoms with Gasteiger partial charge in [0, 0.05) is 17.3 Å². The van der Waals surface area contributed by atoms with E-state index in [2.05, 4.69) is 5.32 Å². The lowest BCUT2D eigenvalue weighted by Gasteiger charge is -2.02. The van der Waals surface area contributed by atoms with Gasteiger partial charge in [0.1, 0.15) is 0 Å². The van der Waals surface area contributed by atoms with Crippen LogP contribution in [-0.4, -0.2) is 19.3 Å². The van der Waals surface area contributed by atoms with Crippen LogP contribution in [0.1, 0.15) is 0 Å². The van der Waals surface area contributed by atoms with Crippen molar-refractivity contribution in [1.82, 2.24) is 0 Å². The van der Waals surface area contributed by atoms with Gasteiger partial charge in [-0.05, 0) is 24.3 Å². The van der Waals surface area contributed by atoms with E-state index < -0.39 is 0 Å². The minimum atomic E-state index is 0.417. The molecule has 0 saturated carbocycles. The summed E-state index contributed by atoms with van der Waals surface area (Å²) in [6.45, 7) is 1.78. The summed E-state index contributed by atoms with van der Waals surface area (Å²) < 4.78 is 5.07. The molecule has 0 radical (unpaired) electrons. The van der Waals surface area contributed by atoms with Crippen LogP contribution >= 0.6 is 11.6 Å². The number of epoxide rings is 1. The van der Waals surface area contributed by atoms with Crippen molar-refractivity contribution in [3.8, 4) is 0 Å². The molecule has 1 aromatic rings. The molecule has 0 spiro atoms. The van der Waals surface area contributed by atoms with Crippen molar-refractivity contribution in [3.63, 3.8) is 0 Å². The Morgan fingerprint density at radius 2 is 2.08 bits per heavy atom. The van der Waals surface area contributed by atoms with Gasteiger partial charge in [-0.3, -0.25) is 0 Å². The van der Waals surface area contributed by atoms with E-state index in [9.17, 15) is 0 Å². The maximum atomic E-state index is 5.73. The number of benzene rings is 1. The van der Waals surface area contributed by atoms with Crippen LogP contribution in [0.5, 0.6) is 0 Å². The topological polar surface area (TPSA) is 24.6 Å². The number of ether oxygens (including phenoxy) is 1. The van der Waals surface area contributed by atoms with Crippen LogP contribution in [0.15, 0.2) is 24.3 Å². The number of hydrogen-bond acceptors (Lipinski definition) is 2. The molecule has 0 bridgehead atoms. The van der Waals surface area contributed by atoms with Gasteiger partial charge in [-0.1, -0.05) is 11.6 Å². The number of anilines is 1. The third kappa shape index (κ3) is 2.13. The lowest BCUT2D eigenvalue weighted by molar-refractivity contribution is 0.417. The minimum absolute atomic E-state index is 0.417. The smallest absolute Gasteiger partial charge is 0.0981 e. The Morgan fingerprint density at radius 3 is 2.67 bits per heavy atom. The molecule has 2 nitrogen and oxygen atoms in total. The molecular weight excluding hydrogens is 174 g/mol. The van der Waals surface area contributed by atoms with Crippen LogP contribution in [0.4, 0.5) is 5.69 Å². The van der Waals surface area contributed by atoms with E-state index in [1.165, 1.54) is 0 Å². The molecular formula is C9H10ClNO. The minimum Gasteiger partial charge on any atom is -0.382 e. The average Bonchev–Trinajstić information content (AvgIpc) is 2.87. The monoisotopic (exact) mass is 183 g/mol. The van der Waals surface area contributed by atoms with Crippen LogP contribution < -0.4 is 5.32 Å². The zero-order chi connectivity index (χ0) is 8.39. The fourth-order valence-corrected chi connectivity index (χ4v) is 1.11. The first-order chi connectivity index (χ1) is 5.84. The van der Waals surface area contributed by atoms with Gasteiger partial charge in [-0.15, -0.1) is 0 Å². The quantitative estimate of drug-likeness (QED) is 0.727. The molecule has 12 heavy (non-hydrogen) atoms. The molecule has 1 heterocycles. The summed E-state index contributed by atoms with van der Waals surface area (Å²) in [5.41, 5.74) is 1.09. The summed E-state index contributed by atoms with van der Waals surface area (Å²) in [5.74, 6) is 0. The van der Waals surface area contributed by atoms with Gasteiger partial charge >= 0.3 is 0 Å². The molecule has 0 amide bonds. The molecule has 1 N–H and O–H groups in total. The van der Waals surface area contributed by atoms with Crippen LogP contribution in [0.2, 0.25) is 5.02 Å². The van der Waals surface area contributed by atoms with Crippen molar-refractivity contribution >= 4 is 17.3 Å². The normalized spacial score (nSPS) is 20.6. The molecule has 0 aromatic heterocycles. The predicted molar refractivity (Wildman–Crippen MR) is 49.7 cm³/mol. The second-order valence-electron chi connectivity index (χ2n) is 2.84. The summed E-state index contributed by atoms with van der Waals surface area (Å²) in [5, 5.41) is 4.02. The van der Waals surface area contributed by atoms with Gasteiger partial charge in [0.05, 0.1) is 12.7 Å². The molecule has 1 aliphatic rings. The Bertz CT molecular complexity index is 256. The SMILES string of the molecule is Clc1ccc(NCC2CO2)cc1. The van der Waals surface area contributed by atoms with Crippen LogP contribution in [0.25, 0.3) is 0 Å². The summed E-state index contributed by atoms with van der Waals surface area (Å²) in [7, 11) is 0. The number of hydrogen-bond donors (Lipinski definition) is 1. The average molecular weight is 184 g/mol. The van der Waals surface area contributed by atoms with Crippen LogP contribution in [0, 0.1) is 0 Å². The van der Waals surface area contributed by atoms with Crippen molar-refractivity contribution in [2.24, 2.45) is 0 Å². The molecule has 3 heteroatoms. The first-order valence-corrected chi connectivity index (χ1v) is 4.33. The van der Waals surface area contributed by atoms with E-state index in [0.29, 0.717) is 6.10 Å². The second kappa shape index (κ2) is 3.33. The lowest BCUT2D eigenvalue weighted by atomic mass is 10.3. The third-order valence-electron chi connectivity index (χ3n) is 1.78. The van der Waals surface area contributed by atoms with Gasteiger partial charge in [-0.2, -0.15) is 0 Å². The summed E-state index contributed by atoms with van der Waals surface area (Å²) >= 11 is 5.73. The molecule has 1 fully saturated rings. The standard InChI is InChI=1S/C9H10ClNO/c10-7-1-3-8(4-2-7)11-5-9-6-12-9/h1-4,9,11H,5-6H2. The molecule has 64 valence electrons. The number of rotatable bonds is 3. The maximum absolute atomic E-state index is 5.73. The first-order valence-electron chi connectivity index (χ1n) is 3.95. The van der Waals surface area contributed by atoms with Crippen molar-refractivity contribution < 1.29 is 4.74 Å². The van der Waals surface area contributed by atoms with Gasteiger partial charge in [0.2, 0.25) is 0 Å². The molecule has 1 atom stereocenters. The summed E-state index contributed by atoms with van der Waals surface area (Å²) in [6.07, 6.45) is 0.417. The largest absolute Gasteiger partial charge is 0.382 e. The molecule has 0 aliphatic carbocycles. The highest BCUT2D eigenvalue weighted by atomic mass is 35.5. The summed E-state index contributed by atoms with van der Waals surface area (Å²) in [6, 6.07) is 7.67. The fourth-order valence-electron chi connectivity index (χ4n) is 0.985. The van der Waals surface area contributed by atoms with Gasteiger partial charge in [-0.25, -0.2) is 0 Å². The zero-order valence-corrected chi connectivity index (χ0v) is 7.34. The van der Waals surface area contributed by atoms with E-state index in [4.69, 9.17) is 16.3 Å². The lowest BCUT2D eigenvalue weighted by Crippen LogP contribution is -2.07. The molecule has 2 rings (SSSR count). The highest BCUT2D eigenvalue weighted by Crippen LogP contribution is 2.15. The van der Waals surface area contributed by atoms with Gasteiger partial charge in [0.25, 0.3) is 0 Å². The molecule has 1 saturated heterocycles. The second-order valence-corrected chi connectivity index (χ2v) is 3.28. The first kappa shape index (κ1) is 7.90. The predicted octanol–water partition coefficient (Wildman–Crippen LogP) is 2.15. The maximum Gasteiger partial charge on any atom is 0.0981 e. The fraction of sp³-hybridized carbons (Fsp3) is 0.333. The Labute approximate surface area is 76.5 Å². The zero-order valence-electron chi connectivity index (χ0n) is 6.59. The third-order valence-corrected chi connectivity index (χ3v) is 2.03. The van der Waals surface area contributed by atoms with Crippen molar-refractivity contribution in [1.29, 1.82) is 0 Å². The molecule has 1 unspecified atom stereocenters. The van der Waals surface area contributed by atoms with Crippen LogP contribution in [0.3, 0.4) is 0 Å². The van der Waals surface area contributed by atoms with E-state index in [1.54, 1.807) is 0 Å². The Hall–Kier alpha value is -0.730. The Balaban J connectivity index is 1.89. The molecule has 1 aromatic carbocycles. The van der Waals surface area contributed by atoms with Gasteiger partial charge < -0.3 is 10.1 Å². The van der Waals surface area contributed by atoms with E-state index >= 15 is 0 Å². The number of nitrogens with one attached hydrogen (secondary N) is 1. The van der Waals surface area contributed by atoms with Crippen molar-refractivity contribution in [2.45, 2.75) is 6.10 Å². The summed E-state index contributed by atoms with van der Waals surface area (Å²) in [4.78, 5) is 0. The Kier molecular flexibility index (Phi) is 2.19. The van der Waals surface area contributed by atoms with E-state index in [1.807, 2.05) is 24.3 Å².